The Morgan fingerprint density at radius 2 is 2.17 bits per heavy atom. The van der Waals surface area contributed by atoms with Crippen LogP contribution in [0.25, 0.3) is 0 Å². The zero-order chi connectivity index (χ0) is 17.3. The number of ether oxygens (including phenoxy) is 1. The fourth-order valence-electron chi connectivity index (χ4n) is 3.82. The SMILES string of the molecule is CC(=O)OC1C=CC=C2CC34SSC(CO)(C(=O)N3C21)N(C)C4=O. The third kappa shape index (κ3) is 1.72. The number of hydrogen-bond donors (Lipinski definition) is 1. The molecule has 0 aromatic carbocycles. The van der Waals surface area contributed by atoms with Crippen LogP contribution in [-0.2, 0) is 19.1 Å². The lowest BCUT2D eigenvalue weighted by Gasteiger charge is -2.58. The minimum Gasteiger partial charge on any atom is -0.456 e. The highest BCUT2D eigenvalue weighted by molar-refractivity contribution is 8.78. The lowest BCUT2D eigenvalue weighted by molar-refractivity contribution is -0.170. The quantitative estimate of drug-likeness (QED) is 0.553. The summed E-state index contributed by atoms with van der Waals surface area (Å²) < 4.78 is 5.37. The summed E-state index contributed by atoms with van der Waals surface area (Å²) in [6, 6.07) is -0.497. The van der Waals surface area contributed by atoms with Gasteiger partial charge in [-0.15, -0.1) is 0 Å². The van der Waals surface area contributed by atoms with Crippen LogP contribution in [0.2, 0.25) is 0 Å². The molecule has 128 valence electrons. The largest absolute Gasteiger partial charge is 0.456 e. The Balaban J connectivity index is 1.83. The van der Waals surface area contributed by atoms with Gasteiger partial charge in [0.05, 0.1) is 12.6 Å². The first kappa shape index (κ1) is 16.0. The highest BCUT2D eigenvalue weighted by atomic mass is 33.1. The molecule has 4 heterocycles. The molecular formula is C15H16N2O5S2. The van der Waals surface area contributed by atoms with Crippen LogP contribution in [-0.4, -0.2) is 68.2 Å². The van der Waals surface area contributed by atoms with Crippen molar-refractivity contribution in [2.45, 2.75) is 35.2 Å². The number of fused-ring (bicyclic) bond motifs is 3. The van der Waals surface area contributed by atoms with Gasteiger partial charge in [0, 0.05) is 20.4 Å². The molecule has 4 atom stereocenters. The number of esters is 1. The molecule has 0 saturated carbocycles. The third-order valence-electron chi connectivity index (χ3n) is 4.98. The summed E-state index contributed by atoms with van der Waals surface area (Å²) in [5.74, 6) is -0.947. The summed E-state index contributed by atoms with van der Waals surface area (Å²) in [6.07, 6.45) is 5.17. The van der Waals surface area contributed by atoms with Crippen molar-refractivity contribution in [2.75, 3.05) is 13.7 Å². The lowest BCUT2D eigenvalue weighted by Crippen LogP contribution is -2.77. The number of piperazine rings is 1. The predicted octanol–water partition coefficient (Wildman–Crippen LogP) is 0.267. The maximum atomic E-state index is 13.2. The standard InChI is InChI=1S/C15H16N2O5S2/c1-8(19)22-10-5-3-4-9-6-14-12(20)16(2)15(7-18,24-23-14)13(21)17(14)11(9)10/h3-5,10-11,18H,6-7H2,1-2H3. The maximum Gasteiger partial charge on any atom is 0.303 e. The average molecular weight is 368 g/mol. The molecule has 0 radical (unpaired) electrons. The topological polar surface area (TPSA) is 87.2 Å². The first-order valence-electron chi connectivity index (χ1n) is 7.51. The van der Waals surface area contributed by atoms with E-state index in [-0.39, 0.29) is 11.8 Å². The van der Waals surface area contributed by atoms with E-state index in [9.17, 15) is 19.5 Å². The Hall–Kier alpha value is -1.45. The fourth-order valence-corrected chi connectivity index (χ4v) is 7.39. The molecule has 1 spiro atoms. The summed E-state index contributed by atoms with van der Waals surface area (Å²) >= 11 is 0. The monoisotopic (exact) mass is 368 g/mol. The number of carbonyl (C=O) groups excluding carboxylic acids is 3. The Morgan fingerprint density at radius 3 is 2.83 bits per heavy atom. The van der Waals surface area contributed by atoms with E-state index in [1.807, 2.05) is 6.08 Å². The molecule has 7 nitrogen and oxygen atoms in total. The lowest BCUT2D eigenvalue weighted by atomic mass is 9.96. The van der Waals surface area contributed by atoms with Crippen molar-refractivity contribution in [3.05, 3.63) is 23.8 Å². The van der Waals surface area contributed by atoms with Crippen LogP contribution in [0, 0.1) is 0 Å². The normalized spacial score (nSPS) is 39.7. The van der Waals surface area contributed by atoms with Crippen LogP contribution in [0.15, 0.2) is 23.8 Å². The van der Waals surface area contributed by atoms with Gasteiger partial charge < -0.3 is 19.6 Å². The number of hydrogen-bond acceptors (Lipinski definition) is 7. The Labute approximate surface area is 146 Å². The number of aliphatic hydroxyl groups is 1. The summed E-state index contributed by atoms with van der Waals surface area (Å²) in [7, 11) is 4.11. The molecule has 4 unspecified atom stereocenters. The van der Waals surface area contributed by atoms with E-state index in [0.29, 0.717) is 6.42 Å². The second-order valence-corrected chi connectivity index (χ2v) is 8.94. The third-order valence-corrected chi connectivity index (χ3v) is 8.61. The summed E-state index contributed by atoms with van der Waals surface area (Å²) in [4.78, 5) is 38.2. The van der Waals surface area contributed by atoms with Gasteiger partial charge in [0.2, 0.25) is 4.87 Å². The molecule has 4 aliphatic heterocycles. The molecule has 5 rings (SSSR count). The van der Waals surface area contributed by atoms with E-state index in [1.165, 1.54) is 38.3 Å². The maximum absolute atomic E-state index is 13.2. The van der Waals surface area contributed by atoms with Crippen molar-refractivity contribution in [3.63, 3.8) is 0 Å². The van der Waals surface area contributed by atoms with Gasteiger partial charge in [0.15, 0.2) is 4.87 Å². The van der Waals surface area contributed by atoms with Crippen LogP contribution in [0.3, 0.4) is 0 Å². The predicted molar refractivity (Wildman–Crippen MR) is 88.5 cm³/mol. The Morgan fingerprint density at radius 1 is 1.42 bits per heavy atom. The minimum atomic E-state index is -1.32. The first-order chi connectivity index (χ1) is 11.4. The average Bonchev–Trinajstić information content (AvgIpc) is 2.90. The van der Waals surface area contributed by atoms with Crippen LogP contribution >= 0.6 is 21.6 Å². The highest BCUT2D eigenvalue weighted by Gasteiger charge is 2.73. The van der Waals surface area contributed by atoms with Crippen LogP contribution in [0.4, 0.5) is 0 Å². The Kier molecular flexibility index (Phi) is 3.36. The second-order valence-electron chi connectivity index (χ2n) is 6.26. The molecule has 5 aliphatic rings. The van der Waals surface area contributed by atoms with Crippen LogP contribution < -0.4 is 0 Å². The molecule has 2 amide bonds. The summed E-state index contributed by atoms with van der Waals surface area (Å²) in [5.41, 5.74) is 0.891. The van der Waals surface area contributed by atoms with Gasteiger partial charge in [-0.25, -0.2) is 0 Å². The van der Waals surface area contributed by atoms with Crippen molar-refractivity contribution in [1.29, 1.82) is 0 Å². The molecule has 0 aromatic heterocycles. The number of allylic oxidation sites excluding steroid dienone is 2. The van der Waals surface area contributed by atoms with Gasteiger partial charge in [-0.05, 0) is 22.4 Å². The number of rotatable bonds is 2. The van der Waals surface area contributed by atoms with E-state index in [4.69, 9.17) is 4.74 Å². The van der Waals surface area contributed by atoms with E-state index in [1.54, 1.807) is 19.2 Å². The van der Waals surface area contributed by atoms with Gasteiger partial charge in [-0.1, -0.05) is 22.9 Å². The molecule has 9 heteroatoms. The van der Waals surface area contributed by atoms with Gasteiger partial charge in [0.1, 0.15) is 6.10 Å². The number of aliphatic hydroxyl groups excluding tert-OH is 1. The first-order valence-corrected chi connectivity index (χ1v) is 9.66. The molecule has 0 aromatic rings. The molecule has 4 fully saturated rings. The van der Waals surface area contributed by atoms with Crippen molar-refractivity contribution in [1.82, 2.24) is 9.80 Å². The molecule has 1 aliphatic carbocycles. The zero-order valence-electron chi connectivity index (χ0n) is 13.1. The minimum absolute atomic E-state index is 0.197. The number of amides is 2. The van der Waals surface area contributed by atoms with Crippen molar-refractivity contribution in [2.24, 2.45) is 0 Å². The van der Waals surface area contributed by atoms with Gasteiger partial charge in [-0.2, -0.15) is 0 Å². The molecule has 2 bridgehead atoms. The van der Waals surface area contributed by atoms with Crippen LogP contribution in [0.1, 0.15) is 13.3 Å². The number of nitrogens with zero attached hydrogens (tertiary/aromatic N) is 2. The van der Waals surface area contributed by atoms with Crippen molar-refractivity contribution in [3.8, 4) is 0 Å². The zero-order valence-corrected chi connectivity index (χ0v) is 14.7. The highest BCUT2D eigenvalue weighted by Crippen LogP contribution is 2.64. The van der Waals surface area contributed by atoms with Crippen molar-refractivity contribution < 1.29 is 24.2 Å². The van der Waals surface area contributed by atoms with E-state index in [2.05, 4.69) is 0 Å². The molecular weight excluding hydrogens is 352 g/mol. The van der Waals surface area contributed by atoms with E-state index < -0.39 is 34.5 Å². The summed E-state index contributed by atoms with van der Waals surface area (Å²) in [5, 5.41) is 9.86. The number of carbonyl (C=O) groups is 3. The second kappa shape index (κ2) is 5.03. The fraction of sp³-hybridized carbons (Fsp3) is 0.533. The summed E-state index contributed by atoms with van der Waals surface area (Å²) in [6.45, 7) is 0.859. The molecule has 1 N–H and O–H groups in total. The van der Waals surface area contributed by atoms with Gasteiger partial charge >= 0.3 is 5.97 Å². The molecule has 24 heavy (non-hydrogen) atoms. The molecule has 4 saturated heterocycles. The smallest absolute Gasteiger partial charge is 0.303 e. The van der Waals surface area contributed by atoms with Crippen molar-refractivity contribution >= 4 is 39.4 Å². The van der Waals surface area contributed by atoms with Crippen LogP contribution in [0.5, 0.6) is 0 Å². The van der Waals surface area contributed by atoms with E-state index in [0.717, 1.165) is 5.57 Å². The van der Waals surface area contributed by atoms with E-state index >= 15 is 0 Å². The van der Waals surface area contributed by atoms with Gasteiger partial charge in [0.25, 0.3) is 11.8 Å². The number of likely N-dealkylation sites (N-methyl/N-ethyl adjacent to an activating group) is 1. The Bertz CT molecular complexity index is 723. The van der Waals surface area contributed by atoms with Gasteiger partial charge in [-0.3, -0.25) is 14.4 Å².